The van der Waals surface area contributed by atoms with E-state index in [9.17, 15) is 0 Å². The molecule has 0 radical (unpaired) electrons. The van der Waals surface area contributed by atoms with E-state index in [4.69, 9.17) is 8.83 Å². The first-order valence-corrected chi connectivity index (χ1v) is 7.68. The topological polar surface area (TPSA) is 0 Å². The van der Waals surface area contributed by atoms with Crippen LogP contribution in [0.15, 0.2) is 21.2 Å². The molecule has 34 valence electrons. The molecule has 6 heavy (non-hydrogen) atoms. The van der Waals surface area contributed by atoms with Crippen molar-refractivity contribution in [3.8, 4) is 0 Å². The zero-order chi connectivity index (χ0) is 4.99. The maximum absolute atomic E-state index is 5.60. The molecule has 0 amide bonds. The second-order valence-corrected chi connectivity index (χ2v) is 7.38. The number of rotatable bonds is 2. The number of hydrogen-bond acceptors (Lipinski definition) is 0. The Morgan fingerprint density at radius 2 is 1.67 bits per heavy atom. The van der Waals surface area contributed by atoms with Crippen molar-refractivity contribution in [2.24, 2.45) is 0 Å². The van der Waals surface area contributed by atoms with Gasteiger partial charge in [0.25, 0.3) is 0 Å². The number of hydrogen-bond donors (Lipinski definition) is 0. The van der Waals surface area contributed by atoms with Crippen LogP contribution in [0.3, 0.4) is 0 Å². The van der Waals surface area contributed by atoms with E-state index >= 15 is 0 Å². The van der Waals surface area contributed by atoms with E-state index in [0.717, 1.165) is 0 Å². The Hall–Kier alpha value is 0.588. The fourth-order valence-electron chi connectivity index (χ4n) is 0.0745. The Balaban J connectivity index is 3.21. The number of halogens is 1. The summed E-state index contributed by atoms with van der Waals surface area (Å²) in [5.74, 6) is 0. The van der Waals surface area contributed by atoms with Gasteiger partial charge in [-0.05, 0) is 0 Å². The van der Waals surface area contributed by atoms with Crippen LogP contribution in [0.4, 0.5) is 0 Å². The predicted octanol–water partition coefficient (Wildman–Crippen LogP) is 1.67. The van der Waals surface area contributed by atoms with Gasteiger partial charge >= 0.3 is 49.1 Å². The zero-order valence-corrected chi connectivity index (χ0v) is 6.70. The summed E-state index contributed by atoms with van der Waals surface area (Å²) < 4.78 is 3.61. The molecule has 0 atom stereocenters. The van der Waals surface area contributed by atoms with Crippen LogP contribution in [0.25, 0.3) is 0 Å². The van der Waals surface area contributed by atoms with Crippen LogP contribution in [0.1, 0.15) is 0 Å². The molecule has 0 heterocycles. The average Bonchev–Trinajstić information content (AvgIpc) is 1.65. The molecule has 0 aromatic heterocycles. The van der Waals surface area contributed by atoms with Crippen LogP contribution in [-0.4, -0.2) is 19.1 Å². The fraction of sp³-hybridized carbons (Fsp3) is 0. The van der Waals surface area contributed by atoms with Gasteiger partial charge in [0.15, 0.2) is 0 Å². The van der Waals surface area contributed by atoms with Crippen LogP contribution in [-0.2, 0) is 0 Å². The van der Waals surface area contributed by atoms with Crippen molar-refractivity contribution in [1.29, 1.82) is 0 Å². The second kappa shape index (κ2) is 3.77. The zero-order valence-electron chi connectivity index (χ0n) is 3.39. The van der Waals surface area contributed by atoms with Crippen LogP contribution in [0.2, 0.25) is 0 Å². The van der Waals surface area contributed by atoms with Crippen molar-refractivity contribution in [2.45, 2.75) is 0 Å². The third kappa shape index (κ3) is 2.81. The van der Waals surface area contributed by atoms with Crippen molar-refractivity contribution < 1.29 is 0 Å². The molecule has 0 rings (SSSR count). The van der Waals surface area contributed by atoms with Crippen molar-refractivity contribution in [3.63, 3.8) is 0 Å². The van der Waals surface area contributed by atoms with E-state index in [1.54, 1.807) is 8.05 Å². The van der Waals surface area contributed by atoms with Gasteiger partial charge in [0.1, 0.15) is 0 Å². The van der Waals surface area contributed by atoms with E-state index in [2.05, 4.69) is 13.2 Å². The van der Waals surface area contributed by atoms with E-state index < -0.39 is 19.1 Å². The van der Waals surface area contributed by atoms with Gasteiger partial charge in [-0.25, -0.2) is 0 Å². The molecular weight excluding hydrogens is 205 g/mol. The molecule has 0 aromatic rings. The molecule has 0 N–H and O–H groups in total. The third-order valence-corrected chi connectivity index (χ3v) is 4.19. The fourth-order valence-corrected chi connectivity index (χ4v) is 0.500. The van der Waals surface area contributed by atoms with Gasteiger partial charge in [0.2, 0.25) is 0 Å². The van der Waals surface area contributed by atoms with Crippen molar-refractivity contribution >= 4 is 27.9 Å². The Labute approximate surface area is 49.1 Å². The summed E-state index contributed by atoms with van der Waals surface area (Å²) in [7, 11) is 5.60. The van der Waals surface area contributed by atoms with Crippen LogP contribution in [0, 0.1) is 0 Å². The molecule has 0 saturated heterocycles. The minimum atomic E-state index is -1.51. The molecule has 0 aliphatic rings. The van der Waals surface area contributed by atoms with Gasteiger partial charge in [-0.15, -0.1) is 0 Å². The first-order valence-electron chi connectivity index (χ1n) is 1.50. The average molecular weight is 211 g/mol. The van der Waals surface area contributed by atoms with Gasteiger partial charge in [-0.1, -0.05) is 0 Å². The van der Waals surface area contributed by atoms with Crippen molar-refractivity contribution in [1.82, 2.24) is 0 Å². The van der Waals surface area contributed by atoms with Gasteiger partial charge in [0, 0.05) is 0 Å². The predicted molar refractivity (Wildman–Crippen MR) is 32.0 cm³/mol. The van der Waals surface area contributed by atoms with Gasteiger partial charge < -0.3 is 0 Å². The van der Waals surface area contributed by atoms with Crippen LogP contribution in [0.5, 0.6) is 0 Å². The standard InChI is InChI=1S/2C2H3.ClH.Sb/c2*1-2;;/h2*1H,2H2;1H;/q;;;+1/p-1. The summed E-state index contributed by atoms with van der Waals surface area (Å²) in [6.07, 6.45) is 0. The molecule has 0 fully saturated rings. The minimum absolute atomic E-state index is 1.51. The van der Waals surface area contributed by atoms with Gasteiger partial charge in [0.05, 0.1) is 0 Å². The SMILES string of the molecule is C=[CH][Sb]([Cl])[CH]=C. The van der Waals surface area contributed by atoms with Gasteiger partial charge in [-0.2, -0.15) is 0 Å². The molecule has 0 bridgehead atoms. The molecule has 0 aliphatic carbocycles. The molecule has 0 spiro atoms. The first-order chi connectivity index (χ1) is 2.81. The summed E-state index contributed by atoms with van der Waals surface area (Å²) >= 11 is -1.51. The van der Waals surface area contributed by atoms with E-state index in [0.29, 0.717) is 0 Å². The summed E-state index contributed by atoms with van der Waals surface area (Å²) in [5.41, 5.74) is 0. The van der Waals surface area contributed by atoms with Crippen molar-refractivity contribution in [3.05, 3.63) is 21.2 Å². The molecule has 0 saturated carbocycles. The Morgan fingerprint density at radius 3 is 1.67 bits per heavy atom. The normalized spacial score (nSPS) is 8.33. The molecular formula is C4H6ClSb. The first kappa shape index (κ1) is 6.59. The summed E-state index contributed by atoms with van der Waals surface area (Å²) in [5, 5.41) is 0. The summed E-state index contributed by atoms with van der Waals surface area (Å²) in [6.45, 7) is 7.02. The Bertz CT molecular complexity index is 52.6. The summed E-state index contributed by atoms with van der Waals surface area (Å²) in [6, 6.07) is 0. The van der Waals surface area contributed by atoms with Crippen LogP contribution >= 0.6 is 8.83 Å². The second-order valence-electron chi connectivity index (χ2n) is 0.709. The third-order valence-electron chi connectivity index (χ3n) is 0.349. The van der Waals surface area contributed by atoms with Crippen LogP contribution < -0.4 is 0 Å². The van der Waals surface area contributed by atoms with E-state index in [1.807, 2.05) is 0 Å². The monoisotopic (exact) mass is 210 g/mol. The quantitative estimate of drug-likeness (QED) is 0.609. The Morgan fingerprint density at radius 1 is 1.33 bits per heavy atom. The molecule has 2 heteroatoms. The Kier molecular flexibility index (Phi) is 4.14. The van der Waals surface area contributed by atoms with E-state index in [-0.39, 0.29) is 0 Å². The maximum atomic E-state index is 5.60. The molecule has 0 unspecified atom stereocenters. The summed E-state index contributed by atoms with van der Waals surface area (Å²) in [4.78, 5) is 0. The van der Waals surface area contributed by atoms with Crippen molar-refractivity contribution in [2.75, 3.05) is 0 Å². The van der Waals surface area contributed by atoms with E-state index in [1.165, 1.54) is 0 Å². The molecule has 0 aliphatic heterocycles. The molecule has 0 nitrogen and oxygen atoms in total. The molecule has 0 aromatic carbocycles. The van der Waals surface area contributed by atoms with Gasteiger partial charge in [-0.3, -0.25) is 0 Å².